The SMILES string of the molecule is Cc1c(F)cccc1NC(=S)C1=C(N)CCNC1=O. The molecule has 2 rings (SSSR count). The molecular weight excluding hydrogens is 265 g/mol. The van der Waals surface area contributed by atoms with Crippen molar-refractivity contribution in [3.8, 4) is 0 Å². The second kappa shape index (κ2) is 5.36. The van der Waals surface area contributed by atoms with Gasteiger partial charge < -0.3 is 16.4 Å². The number of amides is 1. The van der Waals surface area contributed by atoms with E-state index >= 15 is 0 Å². The number of anilines is 1. The summed E-state index contributed by atoms with van der Waals surface area (Å²) >= 11 is 5.18. The fourth-order valence-corrected chi connectivity index (χ4v) is 2.18. The first-order valence-electron chi connectivity index (χ1n) is 5.84. The predicted molar refractivity (Wildman–Crippen MR) is 76.2 cm³/mol. The van der Waals surface area contributed by atoms with Crippen LogP contribution in [0.2, 0.25) is 0 Å². The molecule has 1 aromatic carbocycles. The lowest BCUT2D eigenvalue weighted by molar-refractivity contribution is -0.117. The minimum absolute atomic E-state index is 0.211. The molecule has 1 aliphatic heterocycles. The lowest BCUT2D eigenvalue weighted by Crippen LogP contribution is -2.38. The van der Waals surface area contributed by atoms with Gasteiger partial charge in [0.15, 0.2) is 0 Å². The summed E-state index contributed by atoms with van der Waals surface area (Å²) in [4.78, 5) is 11.9. The Balaban J connectivity index is 2.26. The van der Waals surface area contributed by atoms with Crippen molar-refractivity contribution in [1.82, 2.24) is 5.32 Å². The number of hydrogen-bond acceptors (Lipinski definition) is 3. The van der Waals surface area contributed by atoms with Gasteiger partial charge in [0.05, 0.1) is 5.57 Å². The van der Waals surface area contributed by atoms with E-state index in [2.05, 4.69) is 10.6 Å². The third-order valence-electron chi connectivity index (χ3n) is 2.97. The van der Waals surface area contributed by atoms with Gasteiger partial charge in [0.2, 0.25) is 0 Å². The molecule has 19 heavy (non-hydrogen) atoms. The molecule has 1 heterocycles. The van der Waals surface area contributed by atoms with E-state index in [9.17, 15) is 9.18 Å². The van der Waals surface area contributed by atoms with Crippen molar-refractivity contribution in [3.05, 3.63) is 40.8 Å². The van der Waals surface area contributed by atoms with Crippen molar-refractivity contribution in [2.75, 3.05) is 11.9 Å². The van der Waals surface area contributed by atoms with Crippen LogP contribution in [0.25, 0.3) is 0 Å². The Morgan fingerprint density at radius 3 is 2.95 bits per heavy atom. The summed E-state index contributed by atoms with van der Waals surface area (Å²) in [5.41, 5.74) is 7.51. The van der Waals surface area contributed by atoms with Crippen LogP contribution >= 0.6 is 12.2 Å². The Kier molecular flexibility index (Phi) is 3.80. The molecule has 0 spiro atoms. The van der Waals surface area contributed by atoms with Crippen molar-refractivity contribution >= 4 is 28.8 Å². The van der Waals surface area contributed by atoms with Gasteiger partial charge in [-0.15, -0.1) is 0 Å². The number of thiocarbonyl (C=S) groups is 1. The van der Waals surface area contributed by atoms with E-state index < -0.39 is 0 Å². The first kappa shape index (κ1) is 13.5. The Morgan fingerprint density at radius 2 is 2.26 bits per heavy atom. The summed E-state index contributed by atoms with van der Waals surface area (Å²) in [7, 11) is 0. The zero-order valence-electron chi connectivity index (χ0n) is 10.4. The molecule has 4 N–H and O–H groups in total. The number of carbonyl (C=O) groups excluding carboxylic acids is 1. The van der Waals surface area contributed by atoms with Crippen molar-refractivity contribution in [1.29, 1.82) is 0 Å². The van der Waals surface area contributed by atoms with Crippen molar-refractivity contribution in [3.63, 3.8) is 0 Å². The number of hydrogen-bond donors (Lipinski definition) is 3. The standard InChI is InChI=1S/C13H14FN3OS/c1-7-8(14)3-2-4-10(7)17-13(19)11-9(15)5-6-16-12(11)18/h2-4H,5-6,15H2,1H3,(H,16,18)(H,17,19). The van der Waals surface area contributed by atoms with Crippen LogP contribution in [-0.4, -0.2) is 17.4 Å². The minimum atomic E-state index is -0.331. The molecule has 1 aromatic rings. The van der Waals surface area contributed by atoms with Gasteiger partial charge in [-0.25, -0.2) is 4.39 Å². The fraction of sp³-hybridized carbons (Fsp3) is 0.231. The van der Waals surface area contributed by atoms with Crippen LogP contribution in [0.15, 0.2) is 29.5 Å². The summed E-state index contributed by atoms with van der Waals surface area (Å²) in [6.45, 7) is 2.15. The maximum atomic E-state index is 13.4. The second-order valence-corrected chi connectivity index (χ2v) is 4.68. The summed E-state index contributed by atoms with van der Waals surface area (Å²) in [5.74, 6) is -0.627. The number of rotatable bonds is 2. The monoisotopic (exact) mass is 279 g/mol. The van der Waals surface area contributed by atoms with Crippen LogP contribution < -0.4 is 16.4 Å². The Morgan fingerprint density at radius 1 is 1.53 bits per heavy atom. The van der Waals surface area contributed by atoms with Crippen LogP contribution in [0.3, 0.4) is 0 Å². The summed E-state index contributed by atoms with van der Waals surface area (Å²) in [6, 6.07) is 4.64. The molecule has 6 heteroatoms. The molecule has 4 nitrogen and oxygen atoms in total. The number of nitrogens with one attached hydrogen (secondary N) is 2. The topological polar surface area (TPSA) is 67.2 Å². The maximum absolute atomic E-state index is 13.4. The molecule has 0 atom stereocenters. The quantitative estimate of drug-likeness (QED) is 0.720. The predicted octanol–water partition coefficient (Wildman–Crippen LogP) is 1.61. The van der Waals surface area contributed by atoms with Crippen molar-refractivity contribution in [2.24, 2.45) is 5.73 Å². The van der Waals surface area contributed by atoms with E-state index in [-0.39, 0.29) is 22.3 Å². The van der Waals surface area contributed by atoms with Crippen LogP contribution in [-0.2, 0) is 4.79 Å². The molecule has 0 aliphatic carbocycles. The maximum Gasteiger partial charge on any atom is 0.256 e. The Bertz CT molecular complexity index is 583. The third-order valence-corrected chi connectivity index (χ3v) is 3.28. The van der Waals surface area contributed by atoms with E-state index in [0.29, 0.717) is 29.9 Å². The molecule has 0 fully saturated rings. The van der Waals surface area contributed by atoms with E-state index in [1.54, 1.807) is 19.1 Å². The molecule has 1 amide bonds. The number of benzene rings is 1. The molecule has 100 valence electrons. The number of carbonyl (C=O) groups is 1. The van der Waals surface area contributed by atoms with Crippen LogP contribution in [0.1, 0.15) is 12.0 Å². The van der Waals surface area contributed by atoms with E-state index in [1.165, 1.54) is 6.07 Å². The smallest absolute Gasteiger partial charge is 0.256 e. The molecular formula is C13H14FN3OS. The molecule has 0 radical (unpaired) electrons. The number of nitrogens with two attached hydrogens (primary N) is 1. The average molecular weight is 279 g/mol. The molecule has 1 aliphatic rings. The molecule has 0 saturated carbocycles. The highest BCUT2D eigenvalue weighted by atomic mass is 32.1. The van der Waals surface area contributed by atoms with Crippen LogP contribution in [0, 0.1) is 12.7 Å². The average Bonchev–Trinajstić information content (AvgIpc) is 2.35. The van der Waals surface area contributed by atoms with Crippen molar-refractivity contribution < 1.29 is 9.18 Å². The Hall–Kier alpha value is -1.95. The first-order chi connectivity index (χ1) is 9.00. The van der Waals surface area contributed by atoms with Gasteiger partial charge in [0, 0.05) is 29.9 Å². The van der Waals surface area contributed by atoms with Gasteiger partial charge in [0.25, 0.3) is 5.91 Å². The van der Waals surface area contributed by atoms with Crippen molar-refractivity contribution in [2.45, 2.75) is 13.3 Å². The zero-order valence-corrected chi connectivity index (χ0v) is 11.2. The normalized spacial score (nSPS) is 15.2. The summed E-state index contributed by atoms with van der Waals surface area (Å²) in [6.07, 6.45) is 0.561. The molecule has 0 unspecified atom stereocenters. The first-order valence-corrected chi connectivity index (χ1v) is 6.25. The highest BCUT2D eigenvalue weighted by Gasteiger charge is 2.22. The lowest BCUT2D eigenvalue weighted by atomic mass is 10.1. The molecule has 0 aromatic heterocycles. The van der Waals surface area contributed by atoms with Gasteiger partial charge in [-0.2, -0.15) is 0 Å². The number of halogens is 1. The lowest BCUT2D eigenvalue weighted by Gasteiger charge is -2.19. The second-order valence-electron chi connectivity index (χ2n) is 4.27. The Labute approximate surface area is 115 Å². The van der Waals surface area contributed by atoms with Crippen LogP contribution in [0.5, 0.6) is 0 Å². The molecule has 0 saturated heterocycles. The van der Waals surface area contributed by atoms with Gasteiger partial charge in [0.1, 0.15) is 10.8 Å². The van der Waals surface area contributed by atoms with Crippen LogP contribution in [0.4, 0.5) is 10.1 Å². The minimum Gasteiger partial charge on any atom is -0.401 e. The van der Waals surface area contributed by atoms with Gasteiger partial charge >= 0.3 is 0 Å². The third kappa shape index (κ3) is 2.73. The zero-order chi connectivity index (χ0) is 14.0. The summed E-state index contributed by atoms with van der Waals surface area (Å²) < 4.78 is 13.4. The largest absolute Gasteiger partial charge is 0.401 e. The van der Waals surface area contributed by atoms with Gasteiger partial charge in [-0.3, -0.25) is 4.79 Å². The molecule has 0 bridgehead atoms. The summed E-state index contributed by atoms with van der Waals surface area (Å²) in [5, 5.41) is 5.55. The van der Waals surface area contributed by atoms with E-state index in [0.717, 1.165) is 0 Å². The fourth-order valence-electron chi connectivity index (χ4n) is 1.85. The highest BCUT2D eigenvalue weighted by Crippen LogP contribution is 2.20. The highest BCUT2D eigenvalue weighted by molar-refractivity contribution is 7.81. The van der Waals surface area contributed by atoms with Gasteiger partial charge in [-0.1, -0.05) is 18.3 Å². The van der Waals surface area contributed by atoms with E-state index in [1.807, 2.05) is 0 Å². The van der Waals surface area contributed by atoms with Gasteiger partial charge in [-0.05, 0) is 19.1 Å². The van der Waals surface area contributed by atoms with E-state index in [4.69, 9.17) is 18.0 Å².